The summed E-state index contributed by atoms with van der Waals surface area (Å²) in [7, 11) is -1.80. The fourth-order valence-electron chi connectivity index (χ4n) is 1.98. The molecule has 0 unspecified atom stereocenters. The molecule has 0 radical (unpaired) electrons. The van der Waals surface area contributed by atoms with Crippen molar-refractivity contribution in [3.63, 3.8) is 0 Å². The lowest BCUT2D eigenvalue weighted by Crippen LogP contribution is -2.33. The highest BCUT2D eigenvalue weighted by molar-refractivity contribution is 9.10. The summed E-state index contributed by atoms with van der Waals surface area (Å²) in [6.45, 7) is -0.0337. The lowest BCUT2D eigenvalue weighted by molar-refractivity contribution is -0.385. The number of nitro benzene ring substituents is 1. The molecular weight excluding hydrogens is 369 g/mol. The Morgan fingerprint density at radius 3 is 2.65 bits per heavy atom. The van der Waals surface area contributed by atoms with Crippen molar-refractivity contribution in [3.05, 3.63) is 62.1 Å². The molecule has 0 bridgehead atoms. The van der Waals surface area contributed by atoms with Gasteiger partial charge in [-0.3, -0.25) is 14.9 Å². The van der Waals surface area contributed by atoms with Crippen LogP contribution < -0.4 is 10.2 Å². The van der Waals surface area contributed by atoms with E-state index in [0.29, 0.717) is 16.3 Å². The van der Waals surface area contributed by atoms with Crippen LogP contribution >= 0.6 is 15.9 Å². The predicted molar refractivity (Wildman–Crippen MR) is 86.8 cm³/mol. The van der Waals surface area contributed by atoms with Crippen LogP contribution in [0.5, 0.6) is 5.75 Å². The maximum atomic E-state index is 11.2. The molecule has 0 fully saturated rings. The van der Waals surface area contributed by atoms with Crippen molar-refractivity contribution < 1.29 is 24.5 Å². The third kappa shape index (κ3) is 3.95. The zero-order chi connectivity index (χ0) is 17.0. The van der Waals surface area contributed by atoms with Crippen molar-refractivity contribution in [1.29, 1.82) is 0 Å². The van der Waals surface area contributed by atoms with Gasteiger partial charge in [-0.2, -0.15) is 0 Å². The average molecular weight is 380 g/mol. The van der Waals surface area contributed by atoms with Gasteiger partial charge in [0.15, 0.2) is 6.29 Å². The lowest BCUT2D eigenvalue weighted by Gasteiger charge is -2.12. The van der Waals surface area contributed by atoms with E-state index in [0.717, 1.165) is 0 Å². The van der Waals surface area contributed by atoms with E-state index >= 15 is 0 Å². The molecule has 0 amide bonds. The van der Waals surface area contributed by atoms with Gasteiger partial charge < -0.3 is 14.8 Å². The van der Waals surface area contributed by atoms with Crippen molar-refractivity contribution in [1.82, 2.24) is 0 Å². The number of aldehydes is 1. The monoisotopic (exact) mass is 379 g/mol. The minimum Gasteiger partial charge on any atom is -0.488 e. The molecule has 2 aromatic carbocycles. The van der Waals surface area contributed by atoms with E-state index in [1.165, 1.54) is 36.4 Å². The Morgan fingerprint density at radius 1 is 1.30 bits per heavy atom. The molecular formula is C14H11BBrNO6. The maximum absolute atomic E-state index is 11.2. The summed E-state index contributed by atoms with van der Waals surface area (Å²) in [4.78, 5) is 21.5. The van der Waals surface area contributed by atoms with Crippen LogP contribution in [-0.2, 0) is 6.61 Å². The number of rotatable bonds is 6. The third-order valence-corrected chi connectivity index (χ3v) is 3.89. The van der Waals surface area contributed by atoms with Crippen molar-refractivity contribution in [3.8, 4) is 5.75 Å². The fraction of sp³-hybridized carbons (Fsp3) is 0.0714. The number of non-ortho nitro benzene ring substituents is 1. The second-order valence-corrected chi connectivity index (χ2v) is 5.43. The molecule has 118 valence electrons. The Hall–Kier alpha value is -2.23. The Labute approximate surface area is 139 Å². The molecule has 2 rings (SSSR count). The topological polar surface area (TPSA) is 110 Å². The van der Waals surface area contributed by atoms with Crippen molar-refractivity contribution in [2.45, 2.75) is 6.61 Å². The van der Waals surface area contributed by atoms with Crippen LogP contribution in [0.25, 0.3) is 0 Å². The van der Waals surface area contributed by atoms with Crippen LogP contribution in [0.2, 0.25) is 0 Å². The van der Waals surface area contributed by atoms with E-state index in [1.54, 1.807) is 0 Å². The summed E-state index contributed by atoms with van der Waals surface area (Å²) in [6.07, 6.45) is 0.465. The summed E-state index contributed by atoms with van der Waals surface area (Å²) in [6, 6.07) is 8.65. The van der Waals surface area contributed by atoms with E-state index in [2.05, 4.69) is 15.9 Å². The highest BCUT2D eigenvalue weighted by Gasteiger charge is 2.19. The van der Waals surface area contributed by atoms with Gasteiger partial charge >= 0.3 is 7.12 Å². The van der Waals surface area contributed by atoms with Gasteiger partial charge in [-0.25, -0.2) is 0 Å². The quantitative estimate of drug-likeness (QED) is 0.340. The van der Waals surface area contributed by atoms with Gasteiger partial charge in [-0.1, -0.05) is 28.1 Å². The van der Waals surface area contributed by atoms with Gasteiger partial charge in [0.05, 0.1) is 10.5 Å². The molecule has 0 aliphatic heterocycles. The van der Waals surface area contributed by atoms with E-state index in [4.69, 9.17) is 4.74 Å². The summed E-state index contributed by atoms with van der Waals surface area (Å²) in [5.74, 6) is 0.156. The Bertz CT molecular complexity index is 752. The number of halogens is 1. The Kier molecular flexibility index (Phi) is 5.48. The van der Waals surface area contributed by atoms with Crippen LogP contribution in [-0.4, -0.2) is 28.4 Å². The van der Waals surface area contributed by atoms with Crippen LogP contribution in [0.1, 0.15) is 15.9 Å². The molecule has 7 nitrogen and oxygen atoms in total. The van der Waals surface area contributed by atoms with E-state index in [1.807, 2.05) is 0 Å². The molecule has 0 heterocycles. The SMILES string of the molecule is O=Cc1c(OCc2cc([N+](=O)[O-])ccc2Br)cccc1B(O)O. The highest BCUT2D eigenvalue weighted by Crippen LogP contribution is 2.24. The zero-order valence-electron chi connectivity index (χ0n) is 11.7. The maximum Gasteiger partial charge on any atom is 0.489 e. The van der Waals surface area contributed by atoms with E-state index in [9.17, 15) is 25.0 Å². The first kappa shape index (κ1) is 17.1. The van der Waals surface area contributed by atoms with Gasteiger partial charge in [-0.15, -0.1) is 0 Å². The van der Waals surface area contributed by atoms with Crippen LogP contribution in [0.4, 0.5) is 5.69 Å². The second kappa shape index (κ2) is 7.36. The van der Waals surface area contributed by atoms with Gasteiger partial charge in [0, 0.05) is 22.2 Å². The number of hydrogen-bond donors (Lipinski definition) is 2. The second-order valence-electron chi connectivity index (χ2n) is 4.57. The Morgan fingerprint density at radius 2 is 2.04 bits per heavy atom. The minimum absolute atomic E-state index is 0.0176. The first-order chi connectivity index (χ1) is 10.9. The summed E-state index contributed by atoms with van der Waals surface area (Å²) < 4.78 is 6.13. The molecule has 2 N–H and O–H groups in total. The summed E-state index contributed by atoms with van der Waals surface area (Å²) in [5, 5.41) is 29.3. The van der Waals surface area contributed by atoms with Gasteiger partial charge in [-0.05, 0) is 17.6 Å². The number of benzene rings is 2. The molecule has 0 aliphatic carbocycles. The fourth-order valence-corrected chi connectivity index (χ4v) is 2.34. The number of hydrogen-bond acceptors (Lipinski definition) is 6. The van der Waals surface area contributed by atoms with E-state index in [-0.39, 0.29) is 29.1 Å². The molecule has 0 aromatic heterocycles. The number of carbonyl (C=O) groups excluding carboxylic acids is 1. The molecule has 0 atom stereocenters. The number of nitro groups is 1. The average Bonchev–Trinajstić information content (AvgIpc) is 2.53. The summed E-state index contributed by atoms with van der Waals surface area (Å²) in [5.41, 5.74) is 0.479. The van der Waals surface area contributed by atoms with Crippen molar-refractivity contribution in [2.75, 3.05) is 0 Å². The van der Waals surface area contributed by atoms with Crippen LogP contribution in [0.3, 0.4) is 0 Å². The smallest absolute Gasteiger partial charge is 0.488 e. The standard InChI is InChI=1S/C14H11BBrNO6/c16-13-5-4-10(17(21)22)6-9(13)8-23-14-3-1-2-12(15(19)20)11(14)7-18/h1-7,19-20H,8H2. The third-order valence-electron chi connectivity index (χ3n) is 3.12. The first-order valence-corrected chi connectivity index (χ1v) is 7.23. The molecule has 9 heteroatoms. The number of nitrogens with zero attached hydrogens (tertiary/aromatic N) is 1. The van der Waals surface area contributed by atoms with Crippen molar-refractivity contribution >= 4 is 40.5 Å². The van der Waals surface area contributed by atoms with Crippen molar-refractivity contribution in [2.24, 2.45) is 0 Å². The molecule has 0 aliphatic rings. The highest BCUT2D eigenvalue weighted by atomic mass is 79.9. The molecule has 2 aromatic rings. The summed E-state index contributed by atoms with van der Waals surface area (Å²) >= 11 is 3.27. The number of carbonyl (C=O) groups is 1. The van der Waals surface area contributed by atoms with E-state index < -0.39 is 12.0 Å². The van der Waals surface area contributed by atoms with Gasteiger partial charge in [0.25, 0.3) is 5.69 Å². The lowest BCUT2D eigenvalue weighted by atomic mass is 9.77. The van der Waals surface area contributed by atoms with Gasteiger partial charge in [0.2, 0.25) is 0 Å². The molecule has 0 spiro atoms. The minimum atomic E-state index is -1.80. The number of ether oxygens (including phenoxy) is 1. The first-order valence-electron chi connectivity index (χ1n) is 6.44. The largest absolute Gasteiger partial charge is 0.489 e. The van der Waals surface area contributed by atoms with Gasteiger partial charge in [0.1, 0.15) is 12.4 Å². The van der Waals surface area contributed by atoms with Crippen LogP contribution in [0, 0.1) is 10.1 Å². The molecule has 23 heavy (non-hydrogen) atoms. The Balaban J connectivity index is 2.28. The normalized spacial score (nSPS) is 10.2. The molecule has 0 saturated heterocycles. The molecule has 0 saturated carbocycles. The van der Waals surface area contributed by atoms with Crippen LogP contribution in [0.15, 0.2) is 40.9 Å². The predicted octanol–water partition coefficient (Wildman–Crippen LogP) is 1.43. The zero-order valence-corrected chi connectivity index (χ0v) is 13.3.